The van der Waals surface area contributed by atoms with Crippen LogP contribution in [0.2, 0.25) is 5.02 Å². The first-order valence-corrected chi connectivity index (χ1v) is 7.87. The fourth-order valence-electron chi connectivity index (χ4n) is 1.78. The highest BCUT2D eigenvalue weighted by Gasteiger charge is 2.22. The van der Waals surface area contributed by atoms with E-state index in [1.54, 1.807) is 30.3 Å². The molecule has 7 heteroatoms. The van der Waals surface area contributed by atoms with E-state index in [2.05, 4.69) is 10.5 Å². The van der Waals surface area contributed by atoms with E-state index < -0.39 is 17.3 Å². The molecule has 25 heavy (non-hydrogen) atoms. The number of carbonyl (C=O) groups is 1. The van der Waals surface area contributed by atoms with Crippen LogP contribution in [0.15, 0.2) is 47.6 Å². The molecule has 0 aliphatic heterocycles. The monoisotopic (exact) mass is 364 g/mol. The van der Waals surface area contributed by atoms with E-state index in [4.69, 9.17) is 16.3 Å². The van der Waals surface area contributed by atoms with Crippen molar-refractivity contribution in [2.75, 3.05) is 0 Å². The van der Waals surface area contributed by atoms with Gasteiger partial charge in [-0.2, -0.15) is 5.10 Å². The normalized spacial score (nSPS) is 11.6. The molecule has 0 saturated carbocycles. The number of nitrogens with one attached hydrogen (secondary N) is 1. The molecule has 0 bridgehead atoms. The van der Waals surface area contributed by atoms with Crippen molar-refractivity contribution < 1.29 is 19.0 Å². The van der Waals surface area contributed by atoms with Crippen molar-refractivity contribution in [1.82, 2.24) is 5.43 Å². The molecular formula is C18H18ClFN2O3. The second kappa shape index (κ2) is 8.09. The average molecular weight is 365 g/mol. The second-order valence-corrected chi connectivity index (χ2v) is 6.22. The summed E-state index contributed by atoms with van der Waals surface area (Å²) in [4.78, 5) is 11.4. The minimum atomic E-state index is -1.50. The molecule has 0 aromatic heterocycles. The Morgan fingerprint density at radius 2 is 2.00 bits per heavy atom. The predicted octanol–water partition coefficient (Wildman–Crippen LogP) is 3.28. The minimum absolute atomic E-state index is 0.0145. The van der Waals surface area contributed by atoms with Gasteiger partial charge in [0.05, 0.1) is 11.2 Å². The number of amides is 1. The van der Waals surface area contributed by atoms with E-state index in [1.165, 1.54) is 32.2 Å². The number of hydrogen-bond donors (Lipinski definition) is 2. The Labute approximate surface area is 150 Å². The topological polar surface area (TPSA) is 70.9 Å². The second-order valence-electron chi connectivity index (χ2n) is 5.82. The molecule has 2 N–H and O–H groups in total. The van der Waals surface area contributed by atoms with Crippen LogP contribution in [0.3, 0.4) is 0 Å². The molecule has 0 fully saturated rings. The van der Waals surface area contributed by atoms with Crippen LogP contribution in [0.5, 0.6) is 5.75 Å². The average Bonchev–Trinajstić information content (AvgIpc) is 2.55. The van der Waals surface area contributed by atoms with Gasteiger partial charge in [-0.25, -0.2) is 9.82 Å². The number of rotatable bonds is 6. The number of carbonyl (C=O) groups excluding carboxylic acids is 1. The van der Waals surface area contributed by atoms with Gasteiger partial charge in [-0.15, -0.1) is 0 Å². The molecule has 2 aromatic rings. The summed E-state index contributed by atoms with van der Waals surface area (Å²) in [6, 6.07) is 11.3. The van der Waals surface area contributed by atoms with Gasteiger partial charge in [0.1, 0.15) is 23.8 Å². The summed E-state index contributed by atoms with van der Waals surface area (Å²) in [7, 11) is 0. The number of hydrazone groups is 1. The molecule has 0 radical (unpaired) electrons. The number of hydrogen-bond acceptors (Lipinski definition) is 4. The lowest BCUT2D eigenvalue weighted by molar-refractivity contribution is -0.136. The minimum Gasteiger partial charge on any atom is -0.489 e. The largest absolute Gasteiger partial charge is 0.489 e. The first kappa shape index (κ1) is 18.9. The molecule has 0 unspecified atom stereocenters. The quantitative estimate of drug-likeness (QED) is 0.610. The smallest absolute Gasteiger partial charge is 0.271 e. The Bertz CT molecular complexity index is 751. The summed E-state index contributed by atoms with van der Waals surface area (Å²) in [5.74, 6) is -0.485. The van der Waals surface area contributed by atoms with E-state index >= 15 is 0 Å². The number of benzene rings is 2. The van der Waals surface area contributed by atoms with Gasteiger partial charge in [-0.3, -0.25) is 4.79 Å². The van der Waals surface area contributed by atoms with Crippen LogP contribution in [-0.2, 0) is 11.4 Å². The highest BCUT2D eigenvalue weighted by molar-refractivity contribution is 6.31. The summed E-state index contributed by atoms with van der Waals surface area (Å²) in [5, 5.41) is 13.5. The number of ether oxygens (including phenoxy) is 1. The van der Waals surface area contributed by atoms with Crippen molar-refractivity contribution in [3.63, 3.8) is 0 Å². The molecule has 1 amide bonds. The maximum Gasteiger partial charge on any atom is 0.271 e. The summed E-state index contributed by atoms with van der Waals surface area (Å²) in [6.45, 7) is 2.75. The van der Waals surface area contributed by atoms with Crippen LogP contribution < -0.4 is 10.2 Å². The fraction of sp³-hybridized carbons (Fsp3) is 0.222. The lowest BCUT2D eigenvalue weighted by atomic mass is 10.1. The maximum atomic E-state index is 13.7. The van der Waals surface area contributed by atoms with Crippen LogP contribution in [0.4, 0.5) is 4.39 Å². The molecule has 0 heterocycles. The highest BCUT2D eigenvalue weighted by atomic mass is 35.5. The molecule has 2 rings (SSSR count). The Morgan fingerprint density at radius 1 is 1.32 bits per heavy atom. The molecular weight excluding hydrogens is 347 g/mol. The van der Waals surface area contributed by atoms with Gasteiger partial charge in [0, 0.05) is 5.56 Å². The van der Waals surface area contributed by atoms with Crippen LogP contribution in [0.1, 0.15) is 25.0 Å². The van der Waals surface area contributed by atoms with Crippen LogP contribution in [0, 0.1) is 5.82 Å². The Kier molecular flexibility index (Phi) is 6.12. The van der Waals surface area contributed by atoms with Crippen molar-refractivity contribution in [3.8, 4) is 5.75 Å². The Balaban J connectivity index is 1.93. The first-order chi connectivity index (χ1) is 11.8. The molecule has 5 nitrogen and oxygen atoms in total. The lowest BCUT2D eigenvalue weighted by Gasteiger charge is -2.13. The number of aliphatic hydroxyl groups is 1. The summed E-state index contributed by atoms with van der Waals surface area (Å²) < 4.78 is 19.2. The molecule has 0 saturated heterocycles. The van der Waals surface area contributed by atoms with Gasteiger partial charge in [0.25, 0.3) is 5.91 Å². The van der Waals surface area contributed by atoms with Crippen molar-refractivity contribution in [1.29, 1.82) is 0 Å². The van der Waals surface area contributed by atoms with Gasteiger partial charge < -0.3 is 9.84 Å². The van der Waals surface area contributed by atoms with Gasteiger partial charge in [-0.05, 0) is 55.8 Å². The van der Waals surface area contributed by atoms with E-state index in [0.717, 1.165) is 0 Å². The highest BCUT2D eigenvalue weighted by Crippen LogP contribution is 2.21. The van der Waals surface area contributed by atoms with Gasteiger partial charge >= 0.3 is 0 Å². The molecule has 0 aliphatic rings. The zero-order valence-corrected chi connectivity index (χ0v) is 14.5. The van der Waals surface area contributed by atoms with E-state index in [-0.39, 0.29) is 6.61 Å². The molecule has 0 aliphatic carbocycles. The molecule has 0 spiro atoms. The van der Waals surface area contributed by atoms with Crippen molar-refractivity contribution in [2.45, 2.75) is 26.1 Å². The SMILES string of the molecule is CC(C)(O)C(=O)NN=Cc1ccc(OCc2c(F)cccc2Cl)cc1. The summed E-state index contributed by atoms with van der Waals surface area (Å²) in [5.41, 5.74) is 1.75. The predicted molar refractivity (Wildman–Crippen MR) is 94.2 cm³/mol. The Morgan fingerprint density at radius 3 is 2.60 bits per heavy atom. The van der Waals surface area contributed by atoms with Crippen molar-refractivity contribution in [2.24, 2.45) is 5.10 Å². The number of halogens is 2. The zero-order chi connectivity index (χ0) is 18.4. The first-order valence-electron chi connectivity index (χ1n) is 7.49. The van der Waals surface area contributed by atoms with E-state index in [1.807, 2.05) is 0 Å². The lowest BCUT2D eigenvalue weighted by Crippen LogP contribution is -2.39. The van der Waals surface area contributed by atoms with Crippen LogP contribution in [-0.4, -0.2) is 22.8 Å². The third-order valence-corrected chi connectivity index (χ3v) is 3.61. The van der Waals surface area contributed by atoms with Crippen molar-refractivity contribution >= 4 is 23.7 Å². The third kappa shape index (κ3) is 5.55. The number of nitrogens with zero attached hydrogens (tertiary/aromatic N) is 1. The molecule has 132 valence electrons. The summed E-state index contributed by atoms with van der Waals surface area (Å²) >= 11 is 5.95. The van der Waals surface area contributed by atoms with Gasteiger partial charge in [-0.1, -0.05) is 17.7 Å². The van der Waals surface area contributed by atoms with Gasteiger partial charge in [0.15, 0.2) is 0 Å². The molecule has 2 aromatic carbocycles. The van der Waals surface area contributed by atoms with Crippen LogP contribution >= 0.6 is 11.6 Å². The summed E-state index contributed by atoms with van der Waals surface area (Å²) in [6.07, 6.45) is 1.43. The van der Waals surface area contributed by atoms with E-state index in [9.17, 15) is 14.3 Å². The van der Waals surface area contributed by atoms with Gasteiger partial charge in [0.2, 0.25) is 0 Å². The van der Waals surface area contributed by atoms with Crippen LogP contribution in [0.25, 0.3) is 0 Å². The van der Waals surface area contributed by atoms with E-state index in [0.29, 0.717) is 21.9 Å². The maximum absolute atomic E-state index is 13.7. The Hall–Kier alpha value is -2.44. The molecule has 0 atom stereocenters. The fourth-order valence-corrected chi connectivity index (χ4v) is 2.00. The standard InChI is InChI=1S/C18H18ClFN2O3/c1-18(2,24)17(23)22-21-10-12-6-8-13(9-7-12)25-11-14-15(19)4-3-5-16(14)20/h3-10,24H,11H2,1-2H3,(H,22,23). The zero-order valence-electron chi connectivity index (χ0n) is 13.8. The third-order valence-electron chi connectivity index (χ3n) is 3.26. The van der Waals surface area contributed by atoms with Crippen molar-refractivity contribution in [3.05, 3.63) is 64.4 Å².